The van der Waals surface area contributed by atoms with E-state index in [9.17, 15) is 14.0 Å². The standard InChI is InChI=1S/C27H27FN4O5/c1-14-20(27(34)31-12-21(28)15(31)2)11-32-25(14)22(6-8-29-32)37-18-4-5-19-23(10-18)36-16(3)24(19)26(33)30-17-7-9-35-13-17/h4-6,8,10-11,15,17,21H,7,9,12-13H2,1-3H3,(H,30,33)/t15-,17-,21+/m1/s1. The maximum atomic E-state index is 13.7. The highest BCUT2D eigenvalue weighted by Gasteiger charge is 2.40. The van der Waals surface area contributed by atoms with E-state index < -0.39 is 12.2 Å². The zero-order valence-electron chi connectivity index (χ0n) is 20.8. The predicted molar refractivity (Wildman–Crippen MR) is 133 cm³/mol. The van der Waals surface area contributed by atoms with Crippen LogP contribution in [0.5, 0.6) is 11.5 Å². The minimum Gasteiger partial charge on any atom is -0.460 e. The Kier molecular flexibility index (Phi) is 5.63. The summed E-state index contributed by atoms with van der Waals surface area (Å²) in [5.74, 6) is 1.13. The molecule has 2 aliphatic heterocycles. The SMILES string of the molecule is Cc1oc2cc(Oc3ccnn4cc(C(=O)N5C[C@H](F)[C@H]5C)c(C)c34)ccc2c1C(=O)N[C@@H]1CCOC1. The molecule has 0 spiro atoms. The van der Waals surface area contributed by atoms with Gasteiger partial charge in [0.1, 0.15) is 28.8 Å². The van der Waals surface area contributed by atoms with E-state index >= 15 is 0 Å². The summed E-state index contributed by atoms with van der Waals surface area (Å²) in [5, 5.41) is 8.04. The number of hydrogen-bond acceptors (Lipinski definition) is 6. The van der Waals surface area contributed by atoms with Gasteiger partial charge in [-0.2, -0.15) is 5.10 Å². The van der Waals surface area contributed by atoms with Gasteiger partial charge >= 0.3 is 0 Å². The number of carbonyl (C=O) groups excluding carboxylic acids is 2. The summed E-state index contributed by atoms with van der Waals surface area (Å²) in [6.07, 6.45) is 3.03. The van der Waals surface area contributed by atoms with Gasteiger partial charge in [-0.1, -0.05) is 0 Å². The summed E-state index contributed by atoms with van der Waals surface area (Å²) in [4.78, 5) is 27.4. The van der Waals surface area contributed by atoms with Crippen LogP contribution in [-0.2, 0) is 4.74 Å². The van der Waals surface area contributed by atoms with E-state index in [1.807, 2.05) is 6.92 Å². The molecule has 0 saturated carbocycles. The number of benzene rings is 1. The van der Waals surface area contributed by atoms with E-state index in [-0.39, 0.29) is 24.4 Å². The van der Waals surface area contributed by atoms with E-state index in [0.29, 0.717) is 63.6 Å². The molecule has 0 unspecified atom stereocenters. The molecule has 2 aliphatic rings. The number of fused-ring (bicyclic) bond motifs is 2. The number of hydrogen-bond donors (Lipinski definition) is 1. The van der Waals surface area contributed by atoms with Gasteiger partial charge in [0.15, 0.2) is 5.75 Å². The Morgan fingerprint density at radius 2 is 2.08 bits per heavy atom. The minimum absolute atomic E-state index is 0.00156. The maximum absolute atomic E-state index is 13.7. The first kappa shape index (κ1) is 23.5. The molecule has 2 saturated heterocycles. The van der Waals surface area contributed by atoms with Gasteiger partial charge < -0.3 is 24.1 Å². The number of halogens is 1. The van der Waals surface area contributed by atoms with Gasteiger partial charge in [-0.15, -0.1) is 0 Å². The van der Waals surface area contributed by atoms with Gasteiger partial charge in [0, 0.05) is 30.3 Å². The van der Waals surface area contributed by atoms with Crippen molar-refractivity contribution in [1.29, 1.82) is 0 Å². The summed E-state index contributed by atoms with van der Waals surface area (Å²) in [6.45, 7) is 6.55. The Labute approximate surface area is 212 Å². The van der Waals surface area contributed by atoms with Crippen molar-refractivity contribution < 1.29 is 27.9 Å². The van der Waals surface area contributed by atoms with Crippen molar-refractivity contribution in [1.82, 2.24) is 19.8 Å². The molecule has 3 atom stereocenters. The van der Waals surface area contributed by atoms with E-state index in [1.165, 1.54) is 4.90 Å². The minimum atomic E-state index is -0.998. The number of nitrogens with one attached hydrogen (secondary N) is 1. The van der Waals surface area contributed by atoms with Crippen LogP contribution in [0.1, 0.15) is 45.4 Å². The van der Waals surface area contributed by atoms with Crippen LogP contribution < -0.4 is 10.1 Å². The molecule has 4 aromatic rings. The molecule has 192 valence electrons. The van der Waals surface area contributed by atoms with Crippen LogP contribution in [0.25, 0.3) is 16.5 Å². The zero-order valence-corrected chi connectivity index (χ0v) is 20.8. The summed E-state index contributed by atoms with van der Waals surface area (Å²) in [6, 6.07) is 6.59. The van der Waals surface area contributed by atoms with Gasteiger partial charge in [-0.05, 0) is 44.9 Å². The third-order valence-corrected chi connectivity index (χ3v) is 7.32. The number of likely N-dealkylation sites (tertiary alicyclic amines) is 1. The van der Waals surface area contributed by atoms with Crippen LogP contribution >= 0.6 is 0 Å². The van der Waals surface area contributed by atoms with E-state index in [4.69, 9.17) is 13.9 Å². The third kappa shape index (κ3) is 3.92. The number of ether oxygens (including phenoxy) is 2. The van der Waals surface area contributed by atoms with Crippen molar-refractivity contribution >= 4 is 28.3 Å². The second kappa shape index (κ2) is 8.88. The number of aromatic nitrogens is 2. The molecule has 10 heteroatoms. The van der Waals surface area contributed by atoms with Crippen LogP contribution in [-0.4, -0.2) is 64.3 Å². The number of nitrogens with zero attached hydrogens (tertiary/aromatic N) is 3. The molecule has 6 rings (SSSR count). The molecule has 3 aromatic heterocycles. The first-order valence-corrected chi connectivity index (χ1v) is 12.3. The van der Waals surface area contributed by atoms with Gasteiger partial charge in [0.2, 0.25) is 0 Å². The molecule has 0 radical (unpaired) electrons. The maximum Gasteiger partial charge on any atom is 0.256 e. The highest BCUT2D eigenvalue weighted by molar-refractivity contribution is 6.07. The van der Waals surface area contributed by atoms with Crippen molar-refractivity contribution in [3.63, 3.8) is 0 Å². The summed E-state index contributed by atoms with van der Waals surface area (Å²) < 4.78 is 32.7. The lowest BCUT2D eigenvalue weighted by Gasteiger charge is -2.41. The Balaban J connectivity index is 1.29. The average Bonchev–Trinajstić information content (AvgIpc) is 3.59. The first-order chi connectivity index (χ1) is 17.8. The van der Waals surface area contributed by atoms with Crippen LogP contribution in [0.3, 0.4) is 0 Å². The van der Waals surface area contributed by atoms with Crippen molar-refractivity contribution in [2.75, 3.05) is 19.8 Å². The topological polar surface area (TPSA) is 98.3 Å². The fraction of sp³-hybridized carbons (Fsp3) is 0.370. The quantitative estimate of drug-likeness (QED) is 0.436. The average molecular weight is 507 g/mol. The third-order valence-electron chi connectivity index (χ3n) is 7.32. The second-order valence-electron chi connectivity index (χ2n) is 9.70. The summed E-state index contributed by atoms with van der Waals surface area (Å²) >= 11 is 0. The van der Waals surface area contributed by atoms with Gasteiger partial charge in [-0.25, -0.2) is 8.91 Å². The number of aryl methyl sites for hydroxylation is 2. The second-order valence-corrected chi connectivity index (χ2v) is 9.70. The molecule has 0 aliphatic carbocycles. The summed E-state index contributed by atoms with van der Waals surface area (Å²) in [7, 11) is 0. The fourth-order valence-corrected chi connectivity index (χ4v) is 5.09. The first-order valence-electron chi connectivity index (χ1n) is 12.3. The number of furan rings is 1. The van der Waals surface area contributed by atoms with E-state index in [1.54, 1.807) is 55.0 Å². The fourth-order valence-electron chi connectivity index (χ4n) is 5.09. The highest BCUT2D eigenvalue weighted by atomic mass is 19.1. The lowest BCUT2D eigenvalue weighted by molar-refractivity contribution is 0.00637. The lowest BCUT2D eigenvalue weighted by Crippen LogP contribution is -2.58. The number of carbonyl (C=O) groups is 2. The molecule has 1 aromatic carbocycles. The highest BCUT2D eigenvalue weighted by Crippen LogP contribution is 2.35. The molecule has 9 nitrogen and oxygen atoms in total. The Bertz CT molecular complexity index is 1540. The molecule has 37 heavy (non-hydrogen) atoms. The number of alkyl halides is 1. The van der Waals surface area contributed by atoms with Crippen molar-refractivity contribution in [2.24, 2.45) is 0 Å². The van der Waals surface area contributed by atoms with Gasteiger partial charge in [-0.3, -0.25) is 9.59 Å². The van der Waals surface area contributed by atoms with Crippen molar-refractivity contribution in [2.45, 2.75) is 45.4 Å². The normalized spacial score (nSPS) is 21.4. The molecule has 2 fully saturated rings. The lowest BCUT2D eigenvalue weighted by atomic mass is 10.0. The predicted octanol–water partition coefficient (Wildman–Crippen LogP) is 4.19. The summed E-state index contributed by atoms with van der Waals surface area (Å²) in [5.41, 5.74) is 2.84. The van der Waals surface area contributed by atoms with Gasteiger partial charge in [0.25, 0.3) is 11.8 Å². The van der Waals surface area contributed by atoms with Crippen LogP contribution in [0.4, 0.5) is 4.39 Å². The smallest absolute Gasteiger partial charge is 0.256 e. The van der Waals surface area contributed by atoms with E-state index in [2.05, 4.69) is 10.4 Å². The molecule has 0 bridgehead atoms. The largest absolute Gasteiger partial charge is 0.460 e. The van der Waals surface area contributed by atoms with Crippen LogP contribution in [0.15, 0.2) is 41.1 Å². The molecule has 2 amide bonds. The van der Waals surface area contributed by atoms with Gasteiger partial charge in [0.05, 0.1) is 42.6 Å². The van der Waals surface area contributed by atoms with Crippen molar-refractivity contribution in [3.05, 3.63) is 59.1 Å². The Morgan fingerprint density at radius 1 is 1.24 bits per heavy atom. The monoisotopic (exact) mass is 506 g/mol. The number of rotatable bonds is 5. The van der Waals surface area contributed by atoms with Crippen LogP contribution in [0, 0.1) is 13.8 Å². The number of amides is 2. The Hall–Kier alpha value is -3.92. The van der Waals surface area contributed by atoms with Crippen LogP contribution in [0.2, 0.25) is 0 Å². The molecule has 5 heterocycles. The Morgan fingerprint density at radius 3 is 2.81 bits per heavy atom. The van der Waals surface area contributed by atoms with Crippen molar-refractivity contribution in [3.8, 4) is 11.5 Å². The molecular formula is C27H27FN4O5. The zero-order chi connectivity index (χ0) is 25.8. The molecule has 1 N–H and O–H groups in total. The van der Waals surface area contributed by atoms with E-state index in [0.717, 1.165) is 6.42 Å². The molecular weight excluding hydrogens is 479 g/mol.